The molecule has 4 aliphatic carbocycles. The summed E-state index contributed by atoms with van der Waals surface area (Å²) in [6, 6.07) is 16.2. The maximum atomic E-state index is 5.36. The zero-order valence-corrected chi connectivity index (χ0v) is 35.2. The second-order valence-electron chi connectivity index (χ2n) is 15.9. The number of hydrogen-bond donors (Lipinski definition) is 0. The number of halogens is 3. The van der Waals surface area contributed by atoms with Crippen molar-refractivity contribution in [2.75, 3.05) is 0 Å². The van der Waals surface area contributed by atoms with E-state index in [1.54, 1.807) is 0 Å². The molecule has 0 unspecified atom stereocenters. The van der Waals surface area contributed by atoms with Crippen LogP contribution < -0.4 is 37.2 Å². The van der Waals surface area contributed by atoms with Crippen LogP contribution in [0.15, 0.2) is 52.4 Å². The van der Waals surface area contributed by atoms with Crippen LogP contribution in [0.25, 0.3) is 0 Å². The van der Waals surface area contributed by atoms with E-state index in [0.29, 0.717) is 23.7 Å². The van der Waals surface area contributed by atoms with Crippen molar-refractivity contribution in [1.82, 2.24) is 4.98 Å². The first kappa shape index (κ1) is 44.8. The molecule has 7 heteroatoms. The number of benzene rings is 2. The van der Waals surface area contributed by atoms with Crippen molar-refractivity contribution in [1.29, 1.82) is 0 Å². The Balaban J connectivity index is 0.00000182. The molecule has 1 aromatic heterocycles. The predicted molar refractivity (Wildman–Crippen MR) is 204 cm³/mol. The summed E-state index contributed by atoms with van der Waals surface area (Å²) in [6.07, 6.45) is 30.7. The monoisotopic (exact) mass is 797 g/mol. The largest absolute Gasteiger partial charge is 1.00 e. The first-order chi connectivity index (χ1) is 23.6. The van der Waals surface area contributed by atoms with Crippen LogP contribution in [0.4, 0.5) is 11.4 Å². The summed E-state index contributed by atoms with van der Waals surface area (Å²) in [5.41, 5.74) is 13.2. The molecule has 0 amide bonds. The first-order valence-corrected chi connectivity index (χ1v) is 20.0. The topological polar surface area (TPSA) is 37.6 Å². The SMILES string of the molecule is Cc1cc(C2CCCCC2)c(N=Cc2cccc(C=Nc3c(C4CCCCC4)cc(C)cc3C3CCCCC3)n2)c(C2CCCCC2)c1.[Cl-].[Cl-].[Cl-].[V]. The summed E-state index contributed by atoms with van der Waals surface area (Å²) in [4.78, 5) is 15.8. The minimum absolute atomic E-state index is 0. The second kappa shape index (κ2) is 22.1. The minimum atomic E-state index is 0. The van der Waals surface area contributed by atoms with Crippen molar-refractivity contribution in [3.05, 3.63) is 87.2 Å². The van der Waals surface area contributed by atoms with Crippen LogP contribution in [0.5, 0.6) is 0 Å². The van der Waals surface area contributed by atoms with E-state index in [2.05, 4.69) is 56.3 Å². The standard InChI is InChI=1S/C45H59N3.3ClH.V/c1-32-26-40(34-16-7-3-8-17-34)44(41(27-32)35-18-9-4-10-19-35)46-30-38-24-15-25-39(48-38)31-47-45-42(36-20-11-5-12-21-36)28-33(2)29-43(45)37-22-13-6-14-23-37;;;;/h15,24-31,34-37H,3-14,16-23H2,1-2H3;3*1H;/p-3. The third-order valence-electron chi connectivity index (χ3n) is 12.3. The molecular weight excluding hydrogens is 740 g/mol. The Morgan fingerprint density at radius 3 is 1.00 bits per heavy atom. The second-order valence-corrected chi connectivity index (χ2v) is 15.9. The van der Waals surface area contributed by atoms with Crippen molar-refractivity contribution in [2.24, 2.45) is 9.98 Å². The van der Waals surface area contributed by atoms with Crippen LogP contribution in [0.2, 0.25) is 0 Å². The smallest absolute Gasteiger partial charge is 0.0820 e. The average molecular weight is 799 g/mol. The zero-order valence-electron chi connectivity index (χ0n) is 31.6. The summed E-state index contributed by atoms with van der Waals surface area (Å²) in [7, 11) is 0. The molecule has 3 aromatic rings. The summed E-state index contributed by atoms with van der Waals surface area (Å²) < 4.78 is 0. The van der Waals surface area contributed by atoms with Gasteiger partial charge in [-0.1, -0.05) is 119 Å². The van der Waals surface area contributed by atoms with Gasteiger partial charge in [-0.25, -0.2) is 4.98 Å². The third kappa shape index (κ3) is 11.2. The molecule has 52 heavy (non-hydrogen) atoms. The van der Waals surface area contributed by atoms with Crippen LogP contribution in [-0.4, -0.2) is 17.4 Å². The van der Waals surface area contributed by atoms with Crippen molar-refractivity contribution in [3.8, 4) is 0 Å². The quantitative estimate of drug-likeness (QED) is 0.312. The number of aromatic nitrogens is 1. The molecule has 4 fully saturated rings. The van der Waals surface area contributed by atoms with Gasteiger partial charge in [0.1, 0.15) is 0 Å². The van der Waals surface area contributed by atoms with Gasteiger partial charge in [-0.2, -0.15) is 0 Å². The normalized spacial score (nSPS) is 19.4. The summed E-state index contributed by atoms with van der Waals surface area (Å²) in [5.74, 6) is 2.52. The number of nitrogens with zero attached hydrogens (tertiary/aromatic N) is 3. The molecule has 1 heterocycles. The van der Waals surface area contributed by atoms with Gasteiger partial charge in [-0.3, -0.25) is 9.98 Å². The van der Waals surface area contributed by atoms with E-state index in [9.17, 15) is 0 Å². The molecule has 0 aliphatic heterocycles. The van der Waals surface area contributed by atoms with E-state index in [0.717, 1.165) is 11.4 Å². The van der Waals surface area contributed by atoms with Gasteiger partial charge in [0.2, 0.25) is 0 Å². The number of hydrogen-bond acceptors (Lipinski definition) is 3. The molecule has 1 radical (unpaired) electrons. The van der Waals surface area contributed by atoms with Gasteiger partial charge in [0, 0.05) is 18.6 Å². The van der Waals surface area contributed by atoms with E-state index in [4.69, 9.17) is 15.0 Å². The Labute approximate surface area is 345 Å². The van der Waals surface area contributed by atoms with Crippen LogP contribution in [0.1, 0.15) is 197 Å². The Bertz CT molecular complexity index is 1400. The van der Waals surface area contributed by atoms with Gasteiger partial charge in [-0.15, -0.1) is 0 Å². The fraction of sp³-hybridized carbons (Fsp3) is 0.578. The summed E-state index contributed by atoms with van der Waals surface area (Å²) in [6.45, 7) is 4.59. The number of rotatable bonds is 8. The summed E-state index contributed by atoms with van der Waals surface area (Å²) >= 11 is 0. The van der Waals surface area contributed by atoms with E-state index in [-0.39, 0.29) is 55.8 Å². The predicted octanol–water partition coefficient (Wildman–Crippen LogP) is 4.40. The fourth-order valence-electron chi connectivity index (χ4n) is 9.74. The molecule has 4 aliphatic rings. The molecule has 0 saturated heterocycles. The molecular formula is C45H59Cl3N3V-3. The van der Waals surface area contributed by atoms with Gasteiger partial charge in [-0.05, 0) is 123 Å². The van der Waals surface area contributed by atoms with Crippen LogP contribution >= 0.6 is 0 Å². The third-order valence-corrected chi connectivity index (χ3v) is 12.3. The molecule has 0 N–H and O–H groups in total. The van der Waals surface area contributed by atoms with Gasteiger partial charge in [0.15, 0.2) is 0 Å². The zero-order chi connectivity index (χ0) is 32.7. The van der Waals surface area contributed by atoms with E-state index in [1.807, 2.05) is 12.4 Å². The Hall–Kier alpha value is -1.62. The van der Waals surface area contributed by atoms with Crippen molar-refractivity contribution < 1.29 is 55.8 Å². The maximum Gasteiger partial charge on any atom is 0.0820 e. The Morgan fingerprint density at radius 1 is 0.462 bits per heavy atom. The van der Waals surface area contributed by atoms with E-state index in [1.165, 1.54) is 173 Å². The molecule has 4 saturated carbocycles. The first-order valence-electron chi connectivity index (χ1n) is 20.0. The van der Waals surface area contributed by atoms with Gasteiger partial charge < -0.3 is 37.2 Å². The molecule has 0 bridgehead atoms. The van der Waals surface area contributed by atoms with Crippen LogP contribution in [0, 0.1) is 13.8 Å². The molecule has 3 nitrogen and oxygen atoms in total. The van der Waals surface area contributed by atoms with Crippen molar-refractivity contribution in [2.45, 2.75) is 166 Å². The average Bonchev–Trinajstić information content (AvgIpc) is 3.15. The Morgan fingerprint density at radius 2 is 0.731 bits per heavy atom. The van der Waals surface area contributed by atoms with Crippen LogP contribution in [-0.2, 0) is 18.6 Å². The fourth-order valence-corrected chi connectivity index (χ4v) is 9.74. The van der Waals surface area contributed by atoms with E-state index >= 15 is 0 Å². The van der Waals surface area contributed by atoms with Crippen molar-refractivity contribution >= 4 is 23.8 Å². The number of aryl methyl sites for hydroxylation is 2. The van der Waals surface area contributed by atoms with E-state index < -0.39 is 0 Å². The minimum Gasteiger partial charge on any atom is -1.00 e. The number of aliphatic imine (C=N–C) groups is 2. The van der Waals surface area contributed by atoms with Gasteiger partial charge in [0.05, 0.1) is 35.2 Å². The Kier molecular flexibility index (Phi) is 19.0. The number of pyridine rings is 1. The molecule has 2 aromatic carbocycles. The molecule has 7 rings (SSSR count). The molecule has 283 valence electrons. The molecule has 0 spiro atoms. The summed E-state index contributed by atoms with van der Waals surface area (Å²) in [5, 5.41) is 0. The maximum absolute atomic E-state index is 5.36. The van der Waals surface area contributed by atoms with Gasteiger partial charge >= 0.3 is 0 Å². The van der Waals surface area contributed by atoms with Crippen molar-refractivity contribution in [3.63, 3.8) is 0 Å². The molecule has 0 atom stereocenters. The van der Waals surface area contributed by atoms with Gasteiger partial charge in [0.25, 0.3) is 0 Å². The van der Waals surface area contributed by atoms with Crippen LogP contribution in [0.3, 0.4) is 0 Å².